The molecule has 4 aliphatic rings. The van der Waals surface area contributed by atoms with Gasteiger partial charge in [-0.2, -0.15) is 0 Å². The maximum Gasteiger partial charge on any atom is 0.261 e. The Kier molecular flexibility index (Phi) is 7.14. The number of rotatable bonds is 8. The normalized spacial score (nSPS) is 26.1. The van der Waals surface area contributed by atoms with E-state index >= 15 is 0 Å². The molecule has 0 spiro atoms. The van der Waals surface area contributed by atoms with E-state index in [4.69, 9.17) is 5.73 Å². The molecular formula is C33H40N4O4. The molecule has 2 heterocycles. The molecule has 1 saturated carbocycles. The summed E-state index contributed by atoms with van der Waals surface area (Å²) >= 11 is 0. The summed E-state index contributed by atoms with van der Waals surface area (Å²) in [6.45, 7) is 5.89. The number of likely N-dealkylation sites (tertiary alicyclic amines) is 1. The minimum absolute atomic E-state index is 0.00728. The summed E-state index contributed by atoms with van der Waals surface area (Å²) in [5, 5.41) is 13.2. The highest BCUT2D eigenvalue weighted by Gasteiger charge is 2.55. The summed E-state index contributed by atoms with van der Waals surface area (Å²) in [5.74, 6) is 0.145. The zero-order valence-corrected chi connectivity index (χ0v) is 23.9. The number of fused-ring (bicyclic) bond motifs is 2. The molecule has 1 aliphatic heterocycles. The van der Waals surface area contributed by atoms with Crippen molar-refractivity contribution in [2.24, 2.45) is 17.6 Å². The van der Waals surface area contributed by atoms with Crippen LogP contribution in [0.15, 0.2) is 52.9 Å². The van der Waals surface area contributed by atoms with Crippen LogP contribution >= 0.6 is 0 Å². The molecule has 8 nitrogen and oxygen atoms in total. The molecule has 2 fully saturated rings. The molecule has 0 radical (unpaired) electrons. The molecule has 2 amide bonds. The summed E-state index contributed by atoms with van der Waals surface area (Å²) in [4.78, 5) is 44.5. The number of nitrogens with two attached hydrogens (primary N) is 1. The van der Waals surface area contributed by atoms with Crippen molar-refractivity contribution in [3.8, 4) is 5.75 Å². The van der Waals surface area contributed by atoms with Crippen LogP contribution in [0, 0.1) is 11.8 Å². The lowest BCUT2D eigenvalue weighted by molar-refractivity contribution is -0.119. The fourth-order valence-electron chi connectivity index (χ4n) is 7.72. The number of amides is 2. The lowest BCUT2D eigenvalue weighted by atomic mass is 9.52. The van der Waals surface area contributed by atoms with Crippen LogP contribution in [-0.2, 0) is 29.5 Å². The number of primary amides is 1. The quantitative estimate of drug-likeness (QED) is 0.371. The highest BCUT2D eigenvalue weighted by molar-refractivity contribution is 5.97. The Hall–Kier alpha value is -3.65. The van der Waals surface area contributed by atoms with Gasteiger partial charge in [0.2, 0.25) is 5.91 Å². The SMILES string of the molecule is C/C=C\C(=C/C)C[C@H](NC(=O)c1cc2c([nH]c1=O)C[C@]13CCN(CC4CC4)[C@H](Cc4ccc(O)cc41)[C@@H]3C2)C(N)=O. The molecule has 1 saturated heterocycles. The van der Waals surface area contributed by atoms with E-state index < -0.39 is 23.4 Å². The Balaban J connectivity index is 1.33. The van der Waals surface area contributed by atoms with Gasteiger partial charge >= 0.3 is 0 Å². The van der Waals surface area contributed by atoms with Gasteiger partial charge in [0.1, 0.15) is 17.4 Å². The molecule has 3 aliphatic carbocycles. The van der Waals surface area contributed by atoms with Gasteiger partial charge in [-0.05, 0) is 106 Å². The zero-order valence-electron chi connectivity index (χ0n) is 23.9. The Labute approximate surface area is 240 Å². The van der Waals surface area contributed by atoms with E-state index in [1.165, 1.54) is 24.0 Å². The van der Waals surface area contributed by atoms with Gasteiger partial charge in [-0.15, -0.1) is 0 Å². The van der Waals surface area contributed by atoms with Gasteiger partial charge in [-0.3, -0.25) is 19.3 Å². The Morgan fingerprint density at radius 1 is 1.22 bits per heavy atom. The molecule has 2 bridgehead atoms. The van der Waals surface area contributed by atoms with E-state index in [1.807, 2.05) is 38.1 Å². The van der Waals surface area contributed by atoms with Crippen LogP contribution < -0.4 is 16.6 Å². The fourth-order valence-corrected chi connectivity index (χ4v) is 7.72. The van der Waals surface area contributed by atoms with Crippen LogP contribution in [0.1, 0.15) is 72.3 Å². The maximum atomic E-state index is 13.3. The second kappa shape index (κ2) is 10.6. The van der Waals surface area contributed by atoms with Crippen molar-refractivity contribution in [2.75, 3.05) is 13.1 Å². The molecule has 4 atom stereocenters. The summed E-state index contributed by atoms with van der Waals surface area (Å²) in [6, 6.07) is 6.99. The van der Waals surface area contributed by atoms with Crippen molar-refractivity contribution < 1.29 is 14.7 Å². The first-order valence-electron chi connectivity index (χ1n) is 14.9. The van der Waals surface area contributed by atoms with Crippen molar-refractivity contribution in [2.45, 2.75) is 76.3 Å². The van der Waals surface area contributed by atoms with Crippen LogP contribution in [0.3, 0.4) is 0 Å². The molecule has 8 heteroatoms. The average Bonchev–Trinajstić information content (AvgIpc) is 3.76. The van der Waals surface area contributed by atoms with Crippen molar-refractivity contribution in [3.63, 3.8) is 0 Å². The monoisotopic (exact) mass is 556 g/mol. The van der Waals surface area contributed by atoms with Crippen LogP contribution in [0.5, 0.6) is 5.75 Å². The van der Waals surface area contributed by atoms with Crippen LogP contribution in [-0.4, -0.2) is 52.0 Å². The van der Waals surface area contributed by atoms with Gasteiger partial charge < -0.3 is 21.1 Å². The molecule has 0 unspecified atom stereocenters. The van der Waals surface area contributed by atoms with Crippen molar-refractivity contribution in [3.05, 3.63) is 86.4 Å². The van der Waals surface area contributed by atoms with E-state index in [9.17, 15) is 19.5 Å². The topological polar surface area (TPSA) is 129 Å². The van der Waals surface area contributed by atoms with Gasteiger partial charge in [0, 0.05) is 30.1 Å². The molecule has 6 rings (SSSR count). The first-order valence-corrected chi connectivity index (χ1v) is 14.9. The largest absolute Gasteiger partial charge is 0.508 e. The third-order valence-electron chi connectivity index (χ3n) is 9.97. The number of aromatic amines is 1. The predicted molar refractivity (Wildman–Crippen MR) is 158 cm³/mol. The second-order valence-corrected chi connectivity index (χ2v) is 12.5. The van der Waals surface area contributed by atoms with Gasteiger partial charge in [0.05, 0.1) is 0 Å². The number of pyridine rings is 1. The Morgan fingerprint density at radius 3 is 2.73 bits per heavy atom. The number of carbonyl (C=O) groups is 2. The lowest BCUT2D eigenvalue weighted by Crippen LogP contribution is -2.63. The minimum atomic E-state index is -0.929. The van der Waals surface area contributed by atoms with Crippen LogP contribution in [0.2, 0.25) is 0 Å². The molecule has 1 aromatic carbocycles. The van der Waals surface area contributed by atoms with Crippen LogP contribution in [0.25, 0.3) is 0 Å². The number of carbonyl (C=O) groups excluding carboxylic acids is 2. The van der Waals surface area contributed by atoms with E-state index in [-0.39, 0.29) is 23.1 Å². The van der Waals surface area contributed by atoms with Crippen molar-refractivity contribution in [1.82, 2.24) is 15.2 Å². The summed E-state index contributed by atoms with van der Waals surface area (Å²) < 4.78 is 0. The highest BCUT2D eigenvalue weighted by Crippen LogP contribution is 2.55. The molecule has 1 aromatic heterocycles. The van der Waals surface area contributed by atoms with Gasteiger partial charge in [-0.1, -0.05) is 29.9 Å². The first kappa shape index (κ1) is 27.5. The van der Waals surface area contributed by atoms with E-state index in [0.717, 1.165) is 55.1 Å². The standard InChI is InChI=1S/C33H40N4O4/c1-3-5-19(4-2)12-27(30(34)39)35-31(40)24-13-22-14-26-29-15-21-8-9-23(38)16-25(21)33(26,17-28(22)36-32(24)41)10-11-37(29)18-20-6-7-20/h3-5,8-9,13,16,20,26-27,29,38H,6-7,10-12,14-15,17-18H2,1-2H3,(H2,34,39)(H,35,40)(H,36,41)/b5-3-,19-4+/t26-,27-,29+,33+/m0/s1. The zero-order chi connectivity index (χ0) is 28.9. The van der Waals surface area contributed by atoms with Gasteiger partial charge in [-0.25, -0.2) is 0 Å². The number of H-pyrrole nitrogens is 1. The number of nitrogens with zero attached hydrogens (tertiary/aromatic N) is 1. The lowest BCUT2D eigenvalue weighted by Gasteiger charge is -2.59. The number of aromatic hydroxyl groups is 1. The number of phenols is 1. The molecule has 41 heavy (non-hydrogen) atoms. The summed E-state index contributed by atoms with van der Waals surface area (Å²) in [6.07, 6.45) is 11.8. The number of nitrogens with one attached hydrogen (secondary N) is 2. The molecule has 5 N–H and O–H groups in total. The third-order valence-corrected chi connectivity index (χ3v) is 9.97. The fraction of sp³-hybridized carbons (Fsp3) is 0.485. The average molecular weight is 557 g/mol. The number of hydrogen-bond donors (Lipinski definition) is 4. The molecular weight excluding hydrogens is 516 g/mol. The summed E-state index contributed by atoms with van der Waals surface area (Å²) in [7, 11) is 0. The van der Waals surface area contributed by atoms with Gasteiger partial charge in [0.15, 0.2) is 0 Å². The third kappa shape index (κ3) is 5.03. The van der Waals surface area contributed by atoms with E-state index in [1.54, 1.807) is 12.1 Å². The molecule has 2 aromatic rings. The highest BCUT2D eigenvalue weighted by atomic mass is 16.3. The van der Waals surface area contributed by atoms with Crippen molar-refractivity contribution in [1.29, 1.82) is 0 Å². The number of allylic oxidation sites excluding steroid dienone is 3. The smallest absolute Gasteiger partial charge is 0.261 e. The maximum absolute atomic E-state index is 13.3. The van der Waals surface area contributed by atoms with Gasteiger partial charge in [0.25, 0.3) is 11.5 Å². The number of phenolic OH excluding ortho intramolecular Hbond substituents is 1. The van der Waals surface area contributed by atoms with E-state index in [2.05, 4.69) is 21.3 Å². The second-order valence-electron chi connectivity index (χ2n) is 12.5. The predicted octanol–water partition coefficient (Wildman–Crippen LogP) is 3.27. The van der Waals surface area contributed by atoms with E-state index in [0.29, 0.717) is 18.4 Å². The number of hydrogen-bond acceptors (Lipinski definition) is 5. The van der Waals surface area contributed by atoms with Crippen LogP contribution in [0.4, 0.5) is 0 Å². The number of benzene rings is 1. The summed E-state index contributed by atoms with van der Waals surface area (Å²) in [5.41, 5.74) is 10.2. The Bertz CT molecular complexity index is 1500. The minimum Gasteiger partial charge on any atom is -0.508 e. The number of aromatic nitrogens is 1. The van der Waals surface area contributed by atoms with Crippen molar-refractivity contribution >= 4 is 11.8 Å². The number of piperidine rings is 1. The first-order chi connectivity index (χ1) is 19.7. The molecule has 216 valence electrons. The Morgan fingerprint density at radius 2 is 2.02 bits per heavy atom.